The van der Waals surface area contributed by atoms with Crippen LogP contribution in [0.1, 0.15) is 5.56 Å². The number of anilines is 1. The number of amides is 1. The molecule has 0 spiro atoms. The lowest BCUT2D eigenvalue weighted by atomic mass is 10.2. The van der Waals surface area contributed by atoms with E-state index in [0.717, 1.165) is 5.56 Å². The van der Waals surface area contributed by atoms with Crippen LogP contribution in [0.2, 0.25) is 0 Å². The van der Waals surface area contributed by atoms with Crippen molar-refractivity contribution in [2.75, 3.05) is 26.4 Å². The van der Waals surface area contributed by atoms with Crippen molar-refractivity contribution >= 4 is 11.6 Å². The van der Waals surface area contributed by atoms with Crippen molar-refractivity contribution in [3.8, 4) is 5.75 Å². The van der Waals surface area contributed by atoms with Crippen molar-refractivity contribution < 1.29 is 9.53 Å². The summed E-state index contributed by atoms with van der Waals surface area (Å²) in [5.41, 5.74) is 7.31. The minimum atomic E-state index is -0.0740. The molecule has 0 saturated heterocycles. The number of hydrogen-bond acceptors (Lipinski definition) is 3. The molecular weight excluding hydrogens is 192 g/mol. The second-order valence-corrected chi connectivity index (χ2v) is 3.66. The van der Waals surface area contributed by atoms with Gasteiger partial charge in [-0.05, 0) is 24.6 Å². The first-order valence-corrected chi connectivity index (χ1v) is 4.69. The molecule has 4 nitrogen and oxygen atoms in total. The number of aryl methyl sites for hydroxylation is 1. The number of carbonyl (C=O) groups excluding carboxylic acids is 1. The Kier molecular flexibility index (Phi) is 3.55. The fraction of sp³-hybridized carbons (Fsp3) is 0.364. The molecule has 0 aromatic heterocycles. The highest BCUT2D eigenvalue weighted by Crippen LogP contribution is 2.17. The smallest absolute Gasteiger partial charge is 0.259 e. The van der Waals surface area contributed by atoms with E-state index in [2.05, 4.69) is 0 Å². The molecule has 0 fully saturated rings. The SMILES string of the molecule is Cc1cc(N)cc(OCC(=O)N(C)C)c1. The Hall–Kier alpha value is -1.71. The van der Waals surface area contributed by atoms with Gasteiger partial charge in [-0.3, -0.25) is 4.79 Å². The third-order valence-corrected chi connectivity index (χ3v) is 1.93. The van der Waals surface area contributed by atoms with Crippen molar-refractivity contribution in [2.24, 2.45) is 0 Å². The Labute approximate surface area is 89.6 Å². The molecule has 82 valence electrons. The van der Waals surface area contributed by atoms with Crippen molar-refractivity contribution in [2.45, 2.75) is 6.92 Å². The van der Waals surface area contributed by atoms with Gasteiger partial charge >= 0.3 is 0 Å². The van der Waals surface area contributed by atoms with Gasteiger partial charge in [-0.25, -0.2) is 0 Å². The predicted molar refractivity (Wildman–Crippen MR) is 59.8 cm³/mol. The number of rotatable bonds is 3. The van der Waals surface area contributed by atoms with E-state index in [4.69, 9.17) is 10.5 Å². The maximum Gasteiger partial charge on any atom is 0.259 e. The molecule has 0 saturated carbocycles. The normalized spacial score (nSPS) is 9.80. The number of hydrogen-bond donors (Lipinski definition) is 1. The highest BCUT2D eigenvalue weighted by atomic mass is 16.5. The third-order valence-electron chi connectivity index (χ3n) is 1.93. The predicted octanol–water partition coefficient (Wildman–Crippen LogP) is 1.04. The van der Waals surface area contributed by atoms with E-state index in [1.807, 2.05) is 19.1 Å². The zero-order valence-corrected chi connectivity index (χ0v) is 9.28. The highest BCUT2D eigenvalue weighted by Gasteiger charge is 2.05. The topological polar surface area (TPSA) is 55.6 Å². The lowest BCUT2D eigenvalue weighted by Crippen LogP contribution is -2.27. The Morgan fingerprint density at radius 2 is 2.07 bits per heavy atom. The second kappa shape index (κ2) is 4.68. The quantitative estimate of drug-likeness (QED) is 0.755. The molecule has 1 amide bonds. The van der Waals surface area contributed by atoms with E-state index in [-0.39, 0.29) is 12.5 Å². The summed E-state index contributed by atoms with van der Waals surface area (Å²) in [5, 5.41) is 0. The maximum absolute atomic E-state index is 11.3. The fourth-order valence-corrected chi connectivity index (χ4v) is 1.13. The van der Waals surface area contributed by atoms with Crippen LogP contribution in [0, 0.1) is 6.92 Å². The molecule has 0 heterocycles. The minimum Gasteiger partial charge on any atom is -0.484 e. The molecular formula is C11H16N2O2. The highest BCUT2D eigenvalue weighted by molar-refractivity contribution is 5.77. The number of carbonyl (C=O) groups is 1. The average Bonchev–Trinajstić information content (AvgIpc) is 2.12. The summed E-state index contributed by atoms with van der Waals surface area (Å²) in [5.74, 6) is 0.553. The summed E-state index contributed by atoms with van der Waals surface area (Å²) in [6.45, 7) is 1.97. The van der Waals surface area contributed by atoms with Gasteiger partial charge < -0.3 is 15.4 Å². The number of benzene rings is 1. The molecule has 1 rings (SSSR count). The van der Waals surface area contributed by atoms with E-state index in [1.54, 1.807) is 20.2 Å². The van der Waals surface area contributed by atoms with Crippen molar-refractivity contribution in [3.05, 3.63) is 23.8 Å². The zero-order chi connectivity index (χ0) is 11.4. The van der Waals surface area contributed by atoms with Gasteiger partial charge in [0.2, 0.25) is 0 Å². The first-order valence-electron chi connectivity index (χ1n) is 4.69. The molecule has 0 radical (unpaired) electrons. The standard InChI is InChI=1S/C11H16N2O2/c1-8-4-9(12)6-10(5-8)15-7-11(14)13(2)3/h4-6H,7,12H2,1-3H3. The first-order chi connectivity index (χ1) is 6.99. The molecule has 15 heavy (non-hydrogen) atoms. The largest absolute Gasteiger partial charge is 0.484 e. The van der Waals surface area contributed by atoms with Crippen molar-refractivity contribution in [1.29, 1.82) is 0 Å². The summed E-state index contributed by atoms with van der Waals surface area (Å²) >= 11 is 0. The van der Waals surface area contributed by atoms with Crippen LogP contribution in [-0.4, -0.2) is 31.5 Å². The third kappa shape index (κ3) is 3.50. The van der Waals surface area contributed by atoms with Crippen molar-refractivity contribution in [1.82, 2.24) is 4.90 Å². The molecule has 0 aliphatic carbocycles. The Morgan fingerprint density at radius 3 is 2.60 bits per heavy atom. The number of nitrogens with zero attached hydrogens (tertiary/aromatic N) is 1. The van der Waals surface area contributed by atoms with E-state index in [0.29, 0.717) is 11.4 Å². The van der Waals surface area contributed by atoms with Crippen LogP contribution in [0.25, 0.3) is 0 Å². The summed E-state index contributed by atoms with van der Waals surface area (Å²) < 4.78 is 5.32. The van der Waals surface area contributed by atoms with Gasteiger partial charge in [0.15, 0.2) is 6.61 Å². The molecule has 0 bridgehead atoms. The molecule has 1 aromatic carbocycles. The van der Waals surface area contributed by atoms with Crippen LogP contribution in [0.5, 0.6) is 5.75 Å². The Bertz CT molecular complexity index is 341. The van der Waals surface area contributed by atoms with Gasteiger partial charge in [0.25, 0.3) is 5.91 Å². The second-order valence-electron chi connectivity index (χ2n) is 3.66. The zero-order valence-electron chi connectivity index (χ0n) is 9.28. The molecule has 4 heteroatoms. The van der Waals surface area contributed by atoms with Crippen molar-refractivity contribution in [3.63, 3.8) is 0 Å². The molecule has 2 N–H and O–H groups in total. The van der Waals surface area contributed by atoms with Crippen LogP contribution < -0.4 is 10.5 Å². The summed E-state index contributed by atoms with van der Waals surface area (Å²) in [6, 6.07) is 5.40. The van der Waals surface area contributed by atoms with Gasteiger partial charge in [-0.15, -0.1) is 0 Å². The summed E-state index contributed by atoms with van der Waals surface area (Å²) in [6.07, 6.45) is 0. The minimum absolute atomic E-state index is 0.0376. The van der Waals surface area contributed by atoms with E-state index in [1.165, 1.54) is 4.90 Å². The van der Waals surface area contributed by atoms with Crippen LogP contribution in [0.3, 0.4) is 0 Å². The molecule has 0 aliphatic heterocycles. The maximum atomic E-state index is 11.3. The van der Waals surface area contributed by atoms with Gasteiger partial charge in [0.05, 0.1) is 0 Å². The summed E-state index contributed by atoms with van der Waals surface area (Å²) in [7, 11) is 3.38. The number of likely N-dealkylation sites (N-methyl/N-ethyl adjacent to an activating group) is 1. The molecule has 1 aromatic rings. The Morgan fingerprint density at radius 1 is 1.40 bits per heavy atom. The van der Waals surface area contributed by atoms with E-state index < -0.39 is 0 Å². The first kappa shape index (κ1) is 11.4. The van der Waals surface area contributed by atoms with Crippen LogP contribution in [-0.2, 0) is 4.79 Å². The average molecular weight is 208 g/mol. The van der Waals surface area contributed by atoms with E-state index in [9.17, 15) is 4.79 Å². The van der Waals surface area contributed by atoms with Gasteiger partial charge in [0.1, 0.15) is 5.75 Å². The molecule has 0 atom stereocenters. The lowest BCUT2D eigenvalue weighted by molar-refractivity contribution is -0.130. The summed E-state index contributed by atoms with van der Waals surface area (Å²) in [4.78, 5) is 12.7. The van der Waals surface area contributed by atoms with E-state index >= 15 is 0 Å². The molecule has 0 unspecified atom stereocenters. The van der Waals surface area contributed by atoms with Gasteiger partial charge in [0, 0.05) is 25.8 Å². The van der Waals surface area contributed by atoms with Crippen LogP contribution >= 0.6 is 0 Å². The van der Waals surface area contributed by atoms with Crippen LogP contribution in [0.15, 0.2) is 18.2 Å². The van der Waals surface area contributed by atoms with Crippen LogP contribution in [0.4, 0.5) is 5.69 Å². The number of nitrogen functional groups attached to an aromatic ring is 1. The molecule has 0 aliphatic rings. The fourth-order valence-electron chi connectivity index (χ4n) is 1.13. The van der Waals surface area contributed by atoms with Gasteiger partial charge in [-0.1, -0.05) is 0 Å². The number of ether oxygens (including phenoxy) is 1. The Balaban J connectivity index is 2.61. The monoisotopic (exact) mass is 208 g/mol. The van der Waals surface area contributed by atoms with Gasteiger partial charge in [-0.2, -0.15) is 0 Å². The lowest BCUT2D eigenvalue weighted by Gasteiger charge is -2.12. The number of nitrogens with two attached hydrogens (primary N) is 1.